The Morgan fingerprint density at radius 1 is 1.16 bits per heavy atom. The van der Waals surface area contributed by atoms with E-state index in [1.165, 1.54) is 29.2 Å². The number of rotatable bonds is 5. The lowest BCUT2D eigenvalue weighted by Gasteiger charge is -2.14. The zero-order chi connectivity index (χ0) is 17.8. The summed E-state index contributed by atoms with van der Waals surface area (Å²) in [4.78, 5) is 18.0. The van der Waals surface area contributed by atoms with Gasteiger partial charge in [0, 0.05) is 18.2 Å². The summed E-state index contributed by atoms with van der Waals surface area (Å²) >= 11 is 0. The van der Waals surface area contributed by atoms with E-state index in [4.69, 9.17) is 9.26 Å². The van der Waals surface area contributed by atoms with E-state index >= 15 is 0 Å². The smallest absolute Gasteiger partial charge is 0.254 e. The van der Waals surface area contributed by atoms with E-state index in [0.29, 0.717) is 17.3 Å². The van der Waals surface area contributed by atoms with Crippen molar-refractivity contribution in [1.82, 2.24) is 15.0 Å². The molecule has 128 valence electrons. The quantitative estimate of drug-likeness (QED) is 0.713. The Hall–Kier alpha value is -3.22. The number of aromatic nitrogens is 2. The predicted octanol–water partition coefficient (Wildman–Crippen LogP) is 3.16. The molecule has 0 spiro atoms. The Balaban J connectivity index is 1.69. The average molecular weight is 341 g/mol. The molecule has 1 amide bonds. The van der Waals surface area contributed by atoms with Crippen LogP contribution in [0.5, 0.6) is 5.75 Å². The Bertz CT molecular complexity index is 860. The van der Waals surface area contributed by atoms with Gasteiger partial charge in [0.25, 0.3) is 5.91 Å². The Labute approximate surface area is 143 Å². The number of amides is 1. The molecule has 0 saturated heterocycles. The molecule has 3 rings (SSSR count). The Morgan fingerprint density at radius 3 is 2.48 bits per heavy atom. The van der Waals surface area contributed by atoms with Gasteiger partial charge in [-0.25, -0.2) is 4.39 Å². The van der Waals surface area contributed by atoms with Crippen molar-refractivity contribution < 1.29 is 18.4 Å². The highest BCUT2D eigenvalue weighted by atomic mass is 19.1. The minimum Gasteiger partial charge on any atom is -0.497 e. The first-order valence-corrected chi connectivity index (χ1v) is 7.55. The number of benzene rings is 2. The summed E-state index contributed by atoms with van der Waals surface area (Å²) in [5.41, 5.74) is 1.17. The molecule has 25 heavy (non-hydrogen) atoms. The highest BCUT2D eigenvalue weighted by Gasteiger charge is 2.16. The first-order valence-electron chi connectivity index (χ1n) is 7.55. The maximum atomic E-state index is 12.9. The lowest BCUT2D eigenvalue weighted by Crippen LogP contribution is -2.26. The second-order valence-corrected chi connectivity index (χ2v) is 5.41. The summed E-state index contributed by atoms with van der Waals surface area (Å²) in [6.45, 7) is 0.152. The minimum absolute atomic E-state index is 0.152. The van der Waals surface area contributed by atoms with Gasteiger partial charge in [-0.1, -0.05) is 5.16 Å². The largest absolute Gasteiger partial charge is 0.497 e. The maximum absolute atomic E-state index is 12.9. The van der Waals surface area contributed by atoms with Crippen LogP contribution >= 0.6 is 0 Å². The van der Waals surface area contributed by atoms with E-state index in [1.54, 1.807) is 26.3 Å². The molecule has 0 fully saturated rings. The molecule has 0 atom stereocenters. The lowest BCUT2D eigenvalue weighted by atomic mass is 10.2. The maximum Gasteiger partial charge on any atom is 0.254 e. The standard InChI is InChI=1S/C18H16FN3O3/c1-22(18(23)13-3-7-14(19)8-4-13)11-16-20-17(21-25-16)12-5-9-15(24-2)10-6-12/h3-10H,11H2,1-2H3. The first-order chi connectivity index (χ1) is 12.1. The highest BCUT2D eigenvalue weighted by molar-refractivity contribution is 5.93. The number of halogens is 1. The summed E-state index contributed by atoms with van der Waals surface area (Å²) < 4.78 is 23.3. The molecule has 0 saturated carbocycles. The zero-order valence-electron chi connectivity index (χ0n) is 13.8. The van der Waals surface area contributed by atoms with Crippen LogP contribution in [0, 0.1) is 5.82 Å². The summed E-state index contributed by atoms with van der Waals surface area (Å²) in [7, 11) is 3.21. The summed E-state index contributed by atoms with van der Waals surface area (Å²) in [5, 5.41) is 3.92. The van der Waals surface area contributed by atoms with Gasteiger partial charge in [-0.05, 0) is 48.5 Å². The molecule has 2 aromatic carbocycles. The molecule has 0 N–H and O–H groups in total. The van der Waals surface area contributed by atoms with E-state index in [9.17, 15) is 9.18 Å². The van der Waals surface area contributed by atoms with Crippen LogP contribution in [0.4, 0.5) is 4.39 Å². The number of carbonyl (C=O) groups excluding carboxylic acids is 1. The van der Waals surface area contributed by atoms with E-state index in [-0.39, 0.29) is 18.3 Å². The molecule has 7 heteroatoms. The van der Waals surface area contributed by atoms with Gasteiger partial charge in [0.2, 0.25) is 11.7 Å². The topological polar surface area (TPSA) is 68.5 Å². The van der Waals surface area contributed by atoms with Gasteiger partial charge in [-0.15, -0.1) is 0 Å². The van der Waals surface area contributed by atoms with Crippen LogP contribution in [0.25, 0.3) is 11.4 Å². The van der Waals surface area contributed by atoms with Crippen LogP contribution in [0.3, 0.4) is 0 Å². The number of hydrogen-bond donors (Lipinski definition) is 0. The van der Waals surface area contributed by atoms with Crippen LogP contribution in [0.2, 0.25) is 0 Å². The van der Waals surface area contributed by atoms with Crippen molar-refractivity contribution in [3.8, 4) is 17.1 Å². The van der Waals surface area contributed by atoms with Gasteiger partial charge in [-0.2, -0.15) is 4.98 Å². The van der Waals surface area contributed by atoms with E-state index in [2.05, 4.69) is 10.1 Å². The second kappa shape index (κ2) is 7.12. The third kappa shape index (κ3) is 3.82. The van der Waals surface area contributed by atoms with Crippen molar-refractivity contribution >= 4 is 5.91 Å². The molecule has 0 radical (unpaired) electrons. The van der Waals surface area contributed by atoms with Crippen molar-refractivity contribution in [2.24, 2.45) is 0 Å². The minimum atomic E-state index is -0.389. The normalized spacial score (nSPS) is 10.5. The van der Waals surface area contributed by atoms with E-state index in [1.807, 2.05) is 12.1 Å². The van der Waals surface area contributed by atoms with Crippen molar-refractivity contribution in [3.05, 3.63) is 65.8 Å². The molecular formula is C18H16FN3O3. The fourth-order valence-corrected chi connectivity index (χ4v) is 2.26. The molecule has 0 aliphatic rings. The molecule has 0 aliphatic heterocycles. The Kier molecular flexibility index (Phi) is 4.74. The van der Waals surface area contributed by atoms with Gasteiger partial charge < -0.3 is 14.2 Å². The van der Waals surface area contributed by atoms with Gasteiger partial charge in [-0.3, -0.25) is 4.79 Å². The molecule has 1 aromatic heterocycles. The van der Waals surface area contributed by atoms with Crippen LogP contribution in [-0.2, 0) is 6.54 Å². The second-order valence-electron chi connectivity index (χ2n) is 5.41. The van der Waals surface area contributed by atoms with Crippen molar-refractivity contribution in [2.75, 3.05) is 14.2 Å². The summed E-state index contributed by atoms with van der Waals surface area (Å²) in [6, 6.07) is 12.6. The fourth-order valence-electron chi connectivity index (χ4n) is 2.26. The number of carbonyl (C=O) groups is 1. The summed E-state index contributed by atoms with van der Waals surface area (Å²) in [6.07, 6.45) is 0. The predicted molar refractivity (Wildman–Crippen MR) is 88.5 cm³/mol. The Morgan fingerprint density at radius 2 is 1.84 bits per heavy atom. The molecule has 0 unspecified atom stereocenters. The number of nitrogens with zero attached hydrogens (tertiary/aromatic N) is 3. The van der Waals surface area contributed by atoms with Crippen LogP contribution in [0.15, 0.2) is 53.1 Å². The van der Waals surface area contributed by atoms with Gasteiger partial charge in [0.1, 0.15) is 11.6 Å². The molecular weight excluding hydrogens is 325 g/mol. The molecule has 1 heterocycles. The number of methoxy groups -OCH3 is 1. The average Bonchev–Trinajstić information content (AvgIpc) is 3.10. The van der Waals surface area contributed by atoms with E-state index < -0.39 is 0 Å². The molecule has 6 nitrogen and oxygen atoms in total. The lowest BCUT2D eigenvalue weighted by molar-refractivity contribution is 0.0769. The third-order valence-electron chi connectivity index (χ3n) is 3.63. The molecule has 0 aliphatic carbocycles. The zero-order valence-corrected chi connectivity index (χ0v) is 13.8. The monoisotopic (exact) mass is 341 g/mol. The van der Waals surface area contributed by atoms with Crippen molar-refractivity contribution in [1.29, 1.82) is 0 Å². The van der Waals surface area contributed by atoms with E-state index in [0.717, 1.165) is 11.3 Å². The SMILES string of the molecule is COc1ccc(-c2noc(CN(C)C(=O)c3ccc(F)cc3)n2)cc1. The van der Waals surface area contributed by atoms with Crippen LogP contribution in [0.1, 0.15) is 16.2 Å². The highest BCUT2D eigenvalue weighted by Crippen LogP contribution is 2.20. The molecule has 3 aromatic rings. The van der Waals surface area contributed by atoms with Gasteiger partial charge in [0.05, 0.1) is 13.7 Å². The first kappa shape index (κ1) is 16.6. The summed E-state index contributed by atoms with van der Waals surface area (Å²) in [5.74, 6) is 0.825. The fraction of sp³-hybridized carbons (Fsp3) is 0.167. The van der Waals surface area contributed by atoms with Crippen LogP contribution in [-0.4, -0.2) is 35.1 Å². The third-order valence-corrected chi connectivity index (χ3v) is 3.63. The van der Waals surface area contributed by atoms with Gasteiger partial charge in [0.15, 0.2) is 0 Å². The number of hydrogen-bond acceptors (Lipinski definition) is 5. The van der Waals surface area contributed by atoms with Crippen molar-refractivity contribution in [2.45, 2.75) is 6.54 Å². The number of ether oxygens (including phenoxy) is 1. The molecule has 0 bridgehead atoms. The van der Waals surface area contributed by atoms with Crippen molar-refractivity contribution in [3.63, 3.8) is 0 Å². The van der Waals surface area contributed by atoms with Crippen LogP contribution < -0.4 is 4.74 Å². The van der Waals surface area contributed by atoms with Gasteiger partial charge >= 0.3 is 0 Å².